The Labute approximate surface area is 113 Å². The van der Waals surface area contributed by atoms with Crippen molar-refractivity contribution in [3.63, 3.8) is 0 Å². The van der Waals surface area contributed by atoms with Crippen LogP contribution in [0.1, 0.15) is 15.9 Å². The van der Waals surface area contributed by atoms with Gasteiger partial charge in [-0.1, -0.05) is 24.3 Å². The highest BCUT2D eigenvalue weighted by molar-refractivity contribution is 6.09. The molecule has 0 radical (unpaired) electrons. The molecule has 0 saturated heterocycles. The van der Waals surface area contributed by atoms with E-state index in [2.05, 4.69) is 5.32 Å². The fraction of sp³-hybridized carbons (Fsp3) is 0.188. The molecule has 98 valence electrons. The molecule has 0 aliphatic carbocycles. The third kappa shape index (κ3) is 2.76. The molecule has 0 aromatic heterocycles. The second-order valence-corrected chi connectivity index (χ2v) is 4.50. The third-order valence-corrected chi connectivity index (χ3v) is 3.12. The smallest absolute Gasteiger partial charge is 0.260 e. The van der Waals surface area contributed by atoms with Crippen LogP contribution in [0, 0.1) is 6.92 Å². The van der Waals surface area contributed by atoms with Crippen molar-refractivity contribution in [1.29, 1.82) is 0 Å². The van der Waals surface area contributed by atoms with Gasteiger partial charge >= 0.3 is 0 Å². The van der Waals surface area contributed by atoms with Crippen LogP contribution in [-0.4, -0.2) is 20.0 Å². The highest BCUT2D eigenvalue weighted by atomic mass is 16.2. The number of nitrogens with zero attached hydrogens (tertiary/aromatic N) is 1. The number of benzene rings is 2. The van der Waals surface area contributed by atoms with E-state index in [-0.39, 0.29) is 5.91 Å². The van der Waals surface area contributed by atoms with E-state index in [1.54, 1.807) is 11.9 Å². The van der Waals surface area contributed by atoms with Crippen molar-refractivity contribution in [2.24, 2.45) is 0 Å². The van der Waals surface area contributed by atoms with E-state index >= 15 is 0 Å². The van der Waals surface area contributed by atoms with Crippen molar-refractivity contribution < 1.29 is 4.79 Å². The fourth-order valence-electron chi connectivity index (χ4n) is 2.02. The molecule has 0 fully saturated rings. The Morgan fingerprint density at radius 2 is 1.84 bits per heavy atom. The molecular formula is C16H18N2O. The molecule has 0 atom stereocenters. The zero-order valence-corrected chi connectivity index (χ0v) is 11.5. The van der Waals surface area contributed by atoms with Crippen LogP contribution in [0.15, 0.2) is 48.5 Å². The Morgan fingerprint density at radius 1 is 1.11 bits per heavy atom. The third-order valence-electron chi connectivity index (χ3n) is 3.12. The molecule has 0 aliphatic heterocycles. The quantitative estimate of drug-likeness (QED) is 0.911. The standard InChI is InChI=1S/C16H18N2O/c1-12-7-6-8-13(11-12)18(3)16(19)14-9-4-5-10-15(14)17-2/h4-11,17H,1-3H3. The number of nitrogens with one attached hydrogen (secondary N) is 1. The van der Waals surface area contributed by atoms with E-state index in [9.17, 15) is 4.79 Å². The van der Waals surface area contributed by atoms with E-state index in [1.807, 2.05) is 62.5 Å². The molecule has 3 nitrogen and oxygen atoms in total. The van der Waals surface area contributed by atoms with E-state index in [0.29, 0.717) is 5.56 Å². The number of anilines is 2. The molecule has 0 unspecified atom stereocenters. The minimum atomic E-state index is -0.0180. The molecule has 1 amide bonds. The normalized spacial score (nSPS) is 10.1. The lowest BCUT2D eigenvalue weighted by Crippen LogP contribution is -2.26. The van der Waals surface area contributed by atoms with Gasteiger partial charge in [0.2, 0.25) is 0 Å². The van der Waals surface area contributed by atoms with Crippen molar-refractivity contribution in [2.75, 3.05) is 24.3 Å². The fourth-order valence-corrected chi connectivity index (χ4v) is 2.02. The second kappa shape index (κ2) is 5.57. The van der Waals surface area contributed by atoms with E-state index in [4.69, 9.17) is 0 Å². The molecule has 2 rings (SSSR count). The molecule has 2 aromatic rings. The van der Waals surface area contributed by atoms with Crippen molar-refractivity contribution in [2.45, 2.75) is 6.92 Å². The summed E-state index contributed by atoms with van der Waals surface area (Å²) in [6.45, 7) is 2.02. The topological polar surface area (TPSA) is 32.3 Å². The van der Waals surface area contributed by atoms with Crippen LogP contribution in [0.5, 0.6) is 0 Å². The average molecular weight is 254 g/mol. The predicted octanol–water partition coefficient (Wildman–Crippen LogP) is 3.31. The maximum absolute atomic E-state index is 12.5. The van der Waals surface area contributed by atoms with Crippen LogP contribution in [0.2, 0.25) is 0 Å². The molecule has 1 N–H and O–H groups in total. The van der Waals surface area contributed by atoms with Crippen LogP contribution >= 0.6 is 0 Å². The summed E-state index contributed by atoms with van der Waals surface area (Å²) in [6, 6.07) is 15.4. The van der Waals surface area contributed by atoms with Crippen LogP contribution in [-0.2, 0) is 0 Å². The highest BCUT2D eigenvalue weighted by Crippen LogP contribution is 2.21. The van der Waals surface area contributed by atoms with E-state index in [0.717, 1.165) is 16.9 Å². The SMILES string of the molecule is CNc1ccccc1C(=O)N(C)c1cccc(C)c1. The van der Waals surface area contributed by atoms with Crippen molar-refractivity contribution in [1.82, 2.24) is 0 Å². The summed E-state index contributed by atoms with van der Waals surface area (Å²) in [5.41, 5.74) is 3.55. The van der Waals surface area contributed by atoms with Crippen LogP contribution in [0.25, 0.3) is 0 Å². The molecule has 0 bridgehead atoms. The zero-order chi connectivity index (χ0) is 13.8. The zero-order valence-electron chi connectivity index (χ0n) is 11.5. The molecule has 0 aliphatic rings. The van der Waals surface area contributed by atoms with Gasteiger partial charge in [-0.3, -0.25) is 4.79 Å². The number of hydrogen-bond acceptors (Lipinski definition) is 2. The van der Waals surface area contributed by atoms with Crippen LogP contribution in [0.3, 0.4) is 0 Å². The van der Waals surface area contributed by atoms with Gasteiger partial charge < -0.3 is 10.2 Å². The summed E-state index contributed by atoms with van der Waals surface area (Å²) in [6.07, 6.45) is 0. The van der Waals surface area contributed by atoms with Gasteiger partial charge in [-0.25, -0.2) is 0 Å². The van der Waals surface area contributed by atoms with Gasteiger partial charge in [0.25, 0.3) is 5.91 Å². The first-order chi connectivity index (χ1) is 9.13. The first kappa shape index (κ1) is 13.1. The Hall–Kier alpha value is -2.29. The van der Waals surface area contributed by atoms with Gasteiger partial charge in [0.15, 0.2) is 0 Å². The predicted molar refractivity (Wildman–Crippen MR) is 79.9 cm³/mol. The monoisotopic (exact) mass is 254 g/mol. The molecule has 19 heavy (non-hydrogen) atoms. The van der Waals surface area contributed by atoms with Gasteiger partial charge in [0, 0.05) is 25.5 Å². The minimum absolute atomic E-state index is 0.0180. The average Bonchev–Trinajstić information content (AvgIpc) is 2.45. The number of aryl methyl sites for hydroxylation is 1. The molecule has 0 heterocycles. The van der Waals surface area contributed by atoms with Crippen molar-refractivity contribution in [3.05, 3.63) is 59.7 Å². The summed E-state index contributed by atoms with van der Waals surface area (Å²) in [4.78, 5) is 14.2. The molecule has 2 aromatic carbocycles. The Kier molecular flexibility index (Phi) is 3.85. The lowest BCUT2D eigenvalue weighted by Gasteiger charge is -2.19. The summed E-state index contributed by atoms with van der Waals surface area (Å²) in [7, 11) is 3.61. The largest absolute Gasteiger partial charge is 0.387 e. The van der Waals surface area contributed by atoms with Crippen molar-refractivity contribution >= 4 is 17.3 Å². The second-order valence-electron chi connectivity index (χ2n) is 4.50. The number of amides is 1. The summed E-state index contributed by atoms with van der Waals surface area (Å²) >= 11 is 0. The molecule has 3 heteroatoms. The van der Waals surface area contributed by atoms with Crippen LogP contribution < -0.4 is 10.2 Å². The maximum atomic E-state index is 12.5. The molecular weight excluding hydrogens is 236 g/mol. The minimum Gasteiger partial charge on any atom is -0.387 e. The Balaban J connectivity index is 2.33. The van der Waals surface area contributed by atoms with E-state index in [1.165, 1.54) is 0 Å². The van der Waals surface area contributed by atoms with Gasteiger partial charge in [-0.2, -0.15) is 0 Å². The summed E-state index contributed by atoms with van der Waals surface area (Å²) < 4.78 is 0. The number of rotatable bonds is 3. The van der Waals surface area contributed by atoms with Crippen LogP contribution in [0.4, 0.5) is 11.4 Å². The lowest BCUT2D eigenvalue weighted by molar-refractivity contribution is 0.0994. The van der Waals surface area contributed by atoms with Crippen molar-refractivity contribution in [3.8, 4) is 0 Å². The number of para-hydroxylation sites is 1. The molecule has 0 saturated carbocycles. The summed E-state index contributed by atoms with van der Waals surface area (Å²) in [5.74, 6) is -0.0180. The lowest BCUT2D eigenvalue weighted by atomic mass is 10.1. The van der Waals surface area contributed by atoms with Gasteiger partial charge in [0.1, 0.15) is 0 Å². The maximum Gasteiger partial charge on any atom is 0.260 e. The first-order valence-corrected chi connectivity index (χ1v) is 6.25. The number of hydrogen-bond donors (Lipinski definition) is 1. The molecule has 0 spiro atoms. The summed E-state index contributed by atoms with van der Waals surface area (Å²) in [5, 5.41) is 3.05. The number of carbonyl (C=O) groups is 1. The first-order valence-electron chi connectivity index (χ1n) is 6.25. The van der Waals surface area contributed by atoms with E-state index < -0.39 is 0 Å². The Bertz CT molecular complexity index is 593. The van der Waals surface area contributed by atoms with Gasteiger partial charge in [0.05, 0.1) is 5.56 Å². The van der Waals surface area contributed by atoms with Gasteiger partial charge in [-0.15, -0.1) is 0 Å². The number of carbonyl (C=O) groups excluding carboxylic acids is 1. The Morgan fingerprint density at radius 3 is 2.53 bits per heavy atom. The van der Waals surface area contributed by atoms with Gasteiger partial charge in [-0.05, 0) is 36.8 Å². The highest BCUT2D eigenvalue weighted by Gasteiger charge is 2.16.